The minimum atomic E-state index is -0.211. The summed E-state index contributed by atoms with van der Waals surface area (Å²) >= 11 is 6.35. The number of rotatable bonds is 10. The van der Waals surface area contributed by atoms with Gasteiger partial charge in [-0.25, -0.2) is 5.48 Å². The van der Waals surface area contributed by atoms with Gasteiger partial charge >= 0.3 is 0 Å². The molecular weight excluding hydrogens is 448 g/mol. The van der Waals surface area contributed by atoms with E-state index in [9.17, 15) is 4.79 Å². The van der Waals surface area contributed by atoms with E-state index in [1.807, 2.05) is 12.1 Å². The van der Waals surface area contributed by atoms with Gasteiger partial charge in [0.15, 0.2) is 0 Å². The lowest BCUT2D eigenvalue weighted by Gasteiger charge is -2.27. The smallest absolute Gasteiger partial charge is 0.267 e. The Morgan fingerprint density at radius 2 is 1.88 bits per heavy atom. The Balaban J connectivity index is 1.19. The van der Waals surface area contributed by atoms with E-state index >= 15 is 0 Å². The summed E-state index contributed by atoms with van der Waals surface area (Å²) in [6.07, 6.45) is 9.51. The van der Waals surface area contributed by atoms with Gasteiger partial charge in [-0.1, -0.05) is 41.9 Å². The predicted molar refractivity (Wildman–Crippen MR) is 139 cm³/mol. The van der Waals surface area contributed by atoms with E-state index in [0.717, 1.165) is 69.7 Å². The number of fused-ring (bicyclic) bond motifs is 2. The number of anilines is 2. The first kappa shape index (κ1) is 24.7. The number of benzene rings is 2. The molecule has 0 radical (unpaired) electrons. The number of hydrogen-bond donors (Lipinski definition) is 3. The maximum atomic E-state index is 11.9. The minimum absolute atomic E-state index is 0.107. The van der Waals surface area contributed by atoms with E-state index in [2.05, 4.69) is 57.4 Å². The maximum Gasteiger partial charge on any atom is 0.267 e. The summed E-state index contributed by atoms with van der Waals surface area (Å²) in [7, 11) is 0. The van der Waals surface area contributed by atoms with E-state index in [1.54, 1.807) is 0 Å². The lowest BCUT2D eigenvalue weighted by Crippen LogP contribution is -2.37. The van der Waals surface area contributed by atoms with Crippen molar-refractivity contribution in [3.05, 3.63) is 70.8 Å². The lowest BCUT2D eigenvalue weighted by atomic mass is 10.0. The van der Waals surface area contributed by atoms with Crippen LogP contribution in [0, 0.1) is 0 Å². The molecule has 2 aliphatic heterocycles. The summed E-state index contributed by atoms with van der Waals surface area (Å²) in [6.45, 7) is 4.37. The van der Waals surface area contributed by atoms with Crippen LogP contribution in [0.15, 0.2) is 54.6 Å². The number of hydrogen-bond acceptors (Lipinski definition) is 5. The predicted octanol–water partition coefficient (Wildman–Crippen LogP) is 4.30. The van der Waals surface area contributed by atoms with Crippen LogP contribution in [0.5, 0.6) is 0 Å². The monoisotopic (exact) mass is 482 g/mol. The van der Waals surface area contributed by atoms with E-state index in [1.165, 1.54) is 28.6 Å². The molecule has 0 atom stereocenters. The van der Waals surface area contributed by atoms with Crippen molar-refractivity contribution in [2.75, 3.05) is 37.6 Å². The number of piperidine rings is 1. The van der Waals surface area contributed by atoms with Crippen LogP contribution in [0.3, 0.4) is 0 Å². The Labute approximate surface area is 207 Å². The van der Waals surface area contributed by atoms with E-state index in [4.69, 9.17) is 16.4 Å². The molecule has 6 nitrogen and oxygen atoms in total. The first-order chi connectivity index (χ1) is 16.7. The molecule has 0 bridgehead atoms. The van der Waals surface area contributed by atoms with Gasteiger partial charge in [-0.15, -0.1) is 0 Å². The van der Waals surface area contributed by atoms with Gasteiger partial charge in [-0.2, -0.15) is 0 Å². The first-order valence-corrected chi connectivity index (χ1v) is 12.8. The Morgan fingerprint density at radius 3 is 2.74 bits per heavy atom. The average Bonchev–Trinajstić information content (AvgIpc) is 3.01. The number of para-hydroxylation sites is 1. The normalized spacial score (nSPS) is 16.2. The second kappa shape index (κ2) is 12.9. The zero-order valence-electron chi connectivity index (χ0n) is 19.7. The van der Waals surface area contributed by atoms with Crippen molar-refractivity contribution in [2.24, 2.45) is 0 Å². The molecule has 2 aromatic rings. The van der Waals surface area contributed by atoms with Crippen molar-refractivity contribution in [1.82, 2.24) is 16.1 Å². The molecule has 0 aromatic heterocycles. The summed E-state index contributed by atoms with van der Waals surface area (Å²) in [5, 5.41) is 7.44. The standard InChI is InChI=1S/C27H35ClN4O2/c28-23-12-11-22-10-9-21-6-1-2-7-25(21)32(26(22)20-23)19-4-3-15-29-16-5-8-27(33)31-34-24-13-17-30-18-14-24/h1-2,5-8,11-12,20,24,29-30H,3-4,9-10,13-19H2,(H,31,33)/b8-5+. The number of aryl methyl sites for hydroxylation is 2. The highest BCUT2D eigenvalue weighted by molar-refractivity contribution is 6.30. The van der Waals surface area contributed by atoms with Crippen molar-refractivity contribution >= 4 is 28.9 Å². The number of carbonyl (C=O) groups is 1. The van der Waals surface area contributed by atoms with Crippen molar-refractivity contribution in [2.45, 2.75) is 44.6 Å². The fourth-order valence-electron chi connectivity index (χ4n) is 4.59. The van der Waals surface area contributed by atoms with Gasteiger partial charge in [-0.3, -0.25) is 9.63 Å². The Morgan fingerprint density at radius 1 is 1.09 bits per heavy atom. The second-order valence-electron chi connectivity index (χ2n) is 8.90. The fourth-order valence-corrected chi connectivity index (χ4v) is 4.75. The molecule has 2 aromatic carbocycles. The summed E-state index contributed by atoms with van der Waals surface area (Å²) in [5.74, 6) is -0.211. The Bertz CT molecular complexity index is 975. The van der Waals surface area contributed by atoms with Crippen molar-refractivity contribution in [3.8, 4) is 0 Å². The summed E-state index contributed by atoms with van der Waals surface area (Å²) < 4.78 is 0. The highest BCUT2D eigenvalue weighted by atomic mass is 35.5. The molecule has 34 heavy (non-hydrogen) atoms. The molecule has 2 aliphatic rings. The second-order valence-corrected chi connectivity index (χ2v) is 9.34. The molecule has 1 fully saturated rings. The summed E-state index contributed by atoms with van der Waals surface area (Å²) in [4.78, 5) is 19.7. The van der Waals surface area contributed by atoms with Gasteiger partial charge in [0.1, 0.15) is 0 Å². The van der Waals surface area contributed by atoms with Crippen LogP contribution in [-0.2, 0) is 22.5 Å². The van der Waals surface area contributed by atoms with Crippen LogP contribution in [0.25, 0.3) is 0 Å². The van der Waals surface area contributed by atoms with Crippen LogP contribution in [0.1, 0.15) is 36.8 Å². The van der Waals surface area contributed by atoms with E-state index in [-0.39, 0.29) is 12.0 Å². The number of carbonyl (C=O) groups excluding carboxylic acids is 1. The third kappa shape index (κ3) is 7.06. The molecule has 3 N–H and O–H groups in total. The maximum absolute atomic E-state index is 11.9. The highest BCUT2D eigenvalue weighted by Crippen LogP contribution is 2.37. The molecule has 0 unspecified atom stereocenters. The largest absolute Gasteiger partial charge is 0.341 e. The van der Waals surface area contributed by atoms with Crippen LogP contribution in [0.4, 0.5) is 11.4 Å². The lowest BCUT2D eigenvalue weighted by molar-refractivity contribution is -0.134. The third-order valence-corrected chi connectivity index (χ3v) is 6.65. The fraction of sp³-hybridized carbons (Fsp3) is 0.444. The van der Waals surface area contributed by atoms with Crippen molar-refractivity contribution in [1.29, 1.82) is 0 Å². The van der Waals surface area contributed by atoms with Crippen LogP contribution < -0.4 is 21.0 Å². The quantitative estimate of drug-likeness (QED) is 0.267. The number of nitrogens with one attached hydrogen (secondary N) is 3. The van der Waals surface area contributed by atoms with Gasteiger partial charge in [0.25, 0.3) is 5.91 Å². The molecule has 1 saturated heterocycles. The number of hydroxylamine groups is 1. The number of unbranched alkanes of at least 4 members (excludes halogenated alkanes) is 1. The molecule has 0 aliphatic carbocycles. The average molecular weight is 483 g/mol. The molecule has 182 valence electrons. The first-order valence-electron chi connectivity index (χ1n) is 12.4. The molecular formula is C27H35ClN4O2. The summed E-state index contributed by atoms with van der Waals surface area (Å²) in [6, 6.07) is 14.9. The Hall–Kier alpha value is -2.38. The number of amides is 1. The molecule has 7 heteroatoms. The van der Waals surface area contributed by atoms with Crippen molar-refractivity contribution in [3.63, 3.8) is 0 Å². The van der Waals surface area contributed by atoms with Gasteiger partial charge in [0.2, 0.25) is 0 Å². The SMILES string of the molecule is O=C(/C=C/CNCCCCN1c2ccccc2CCc2ccc(Cl)cc21)NOC1CCNCC1. The van der Waals surface area contributed by atoms with Gasteiger partial charge < -0.3 is 15.5 Å². The molecule has 1 amide bonds. The van der Waals surface area contributed by atoms with Crippen LogP contribution in [-0.4, -0.2) is 44.7 Å². The topological polar surface area (TPSA) is 65.6 Å². The molecule has 0 saturated carbocycles. The molecule has 2 heterocycles. The van der Waals surface area contributed by atoms with Crippen LogP contribution >= 0.6 is 11.6 Å². The van der Waals surface area contributed by atoms with E-state index < -0.39 is 0 Å². The zero-order valence-corrected chi connectivity index (χ0v) is 20.4. The minimum Gasteiger partial charge on any atom is -0.341 e. The molecule has 0 spiro atoms. The third-order valence-electron chi connectivity index (χ3n) is 6.41. The summed E-state index contributed by atoms with van der Waals surface area (Å²) in [5.41, 5.74) is 7.79. The van der Waals surface area contributed by atoms with E-state index in [0.29, 0.717) is 6.54 Å². The van der Waals surface area contributed by atoms with Gasteiger partial charge in [0.05, 0.1) is 6.10 Å². The highest BCUT2D eigenvalue weighted by Gasteiger charge is 2.20. The van der Waals surface area contributed by atoms with Gasteiger partial charge in [-0.05, 0) is 87.5 Å². The zero-order chi connectivity index (χ0) is 23.6. The molecule has 4 rings (SSSR count). The van der Waals surface area contributed by atoms with Crippen LogP contribution in [0.2, 0.25) is 5.02 Å². The Kier molecular flexibility index (Phi) is 9.39. The van der Waals surface area contributed by atoms with Crippen molar-refractivity contribution < 1.29 is 9.63 Å². The number of halogens is 1. The number of nitrogens with zero attached hydrogens (tertiary/aromatic N) is 1. The van der Waals surface area contributed by atoms with Gasteiger partial charge in [0, 0.05) is 35.6 Å².